The Hall–Kier alpha value is -0.433. The predicted molar refractivity (Wildman–Crippen MR) is 227 cm³/mol. The maximum atomic E-state index is 10.2. The quantitative estimate of drug-likeness (QED) is 0.0458. The van der Waals surface area contributed by atoms with Crippen molar-refractivity contribution in [3.63, 3.8) is 0 Å². The summed E-state index contributed by atoms with van der Waals surface area (Å²) in [4.78, 5) is 10.2. The fourth-order valence-corrected chi connectivity index (χ4v) is 7.77. The van der Waals surface area contributed by atoms with Crippen molar-refractivity contribution in [2.75, 3.05) is 19.8 Å². The van der Waals surface area contributed by atoms with Gasteiger partial charge in [-0.1, -0.05) is 240 Å². The molecule has 0 fully saturated rings. The van der Waals surface area contributed by atoms with E-state index >= 15 is 0 Å². The zero-order chi connectivity index (χ0) is 38.3. The van der Waals surface area contributed by atoms with Crippen LogP contribution in [-0.4, -0.2) is 35.3 Å². The van der Waals surface area contributed by atoms with Crippen LogP contribution in [0.5, 0.6) is 0 Å². The number of hydrogen-bond donors (Lipinski definition) is 0. The molecule has 0 rings (SSSR count). The van der Waals surface area contributed by atoms with Crippen molar-refractivity contribution in [2.45, 2.75) is 272 Å². The molecule has 0 aliphatic rings. The van der Waals surface area contributed by atoms with Gasteiger partial charge in [0, 0.05) is 5.97 Å². The summed E-state index contributed by atoms with van der Waals surface area (Å²) in [6.07, 6.45) is 49.0. The lowest BCUT2D eigenvalue weighted by atomic mass is 10.0. The van der Waals surface area contributed by atoms with Gasteiger partial charge in [-0.3, -0.25) is 0 Å². The number of carboxylic acid groups (broad SMARTS) is 1. The van der Waals surface area contributed by atoms with Crippen LogP contribution in [-0.2, 0) is 18.1 Å². The minimum atomic E-state index is -1.55. The van der Waals surface area contributed by atoms with Crippen molar-refractivity contribution in [3.05, 3.63) is 0 Å². The van der Waals surface area contributed by atoms with Gasteiger partial charge in [0.25, 0.3) is 0 Å². The summed E-state index contributed by atoms with van der Waals surface area (Å²) in [5.41, 5.74) is 0. The summed E-state index contributed by atoms with van der Waals surface area (Å²) in [5, 5.41) is 10.2. The maximum Gasteiger partial charge on any atom is 0.832 e. The lowest BCUT2D eigenvalue weighted by Gasteiger charge is -2.04. The standard InChI is InChI=1S/C28H59O3Si.C18H36O2/c1-4-7-10-13-16-17-18-19-22-25-28-31-32(29-26-23-20-14-11-8-5-2)30-27-24-21-15-12-9-6-3;1-2-3-4-5-6-7-8-9-10-11-12-13-14-15-16-17-18(19)20/h4-28H2,1-3H3;2-17H2,1H3,(H,19,20)/q+1;/p-1. The highest BCUT2D eigenvalue weighted by Gasteiger charge is 2.36. The second kappa shape index (κ2) is 50.6. The van der Waals surface area contributed by atoms with Crippen LogP contribution in [0.25, 0.3) is 0 Å². The number of rotatable bonds is 44. The monoisotopic (exact) mass is 755 g/mol. The molecule has 0 aromatic heterocycles. The van der Waals surface area contributed by atoms with Crippen LogP contribution in [0, 0.1) is 0 Å². The predicted octanol–water partition coefficient (Wildman–Crippen LogP) is 14.7. The third kappa shape index (κ3) is 51.7. The Morgan fingerprint density at radius 2 is 0.519 bits per heavy atom. The van der Waals surface area contributed by atoms with Crippen molar-refractivity contribution < 1.29 is 23.2 Å². The molecule has 0 bridgehead atoms. The minimum absolute atomic E-state index is 0.234. The molecule has 0 aromatic carbocycles. The molecule has 0 amide bonds. The largest absolute Gasteiger partial charge is 0.832 e. The number of carbonyl (C=O) groups excluding carboxylic acids is 1. The van der Waals surface area contributed by atoms with Gasteiger partial charge in [-0.05, 0) is 32.1 Å². The van der Waals surface area contributed by atoms with Crippen LogP contribution < -0.4 is 5.11 Å². The van der Waals surface area contributed by atoms with E-state index in [1.807, 2.05) is 0 Å². The molecule has 6 heteroatoms. The van der Waals surface area contributed by atoms with Gasteiger partial charge in [0.05, 0.1) is 19.8 Å². The van der Waals surface area contributed by atoms with Gasteiger partial charge in [-0.15, -0.1) is 0 Å². The lowest BCUT2D eigenvalue weighted by Crippen LogP contribution is -2.28. The number of unbranched alkanes of at least 4 members (excludes halogenated alkanes) is 33. The first-order valence-electron chi connectivity index (χ1n) is 23.6. The summed E-state index contributed by atoms with van der Waals surface area (Å²) in [6, 6.07) is 0. The Morgan fingerprint density at radius 3 is 0.731 bits per heavy atom. The Labute approximate surface area is 329 Å². The Balaban J connectivity index is 0. The van der Waals surface area contributed by atoms with Gasteiger partial charge in [-0.2, -0.15) is 13.3 Å². The Kier molecular flexibility index (Phi) is 52.2. The molecule has 0 saturated carbocycles. The molecule has 0 radical (unpaired) electrons. The molecule has 0 unspecified atom stereocenters. The first kappa shape index (κ1) is 53.7. The molecule has 0 aliphatic carbocycles. The SMILES string of the molecule is CCCCCCCCCCCCCCCCCC(=O)[O-].CCCCCCCCCCCCO[Si+](OCCCCCCCC)OCCCCCCCC. The normalized spacial score (nSPS) is 11.2. The lowest BCUT2D eigenvalue weighted by molar-refractivity contribution is -0.305. The van der Waals surface area contributed by atoms with E-state index in [-0.39, 0.29) is 6.42 Å². The van der Waals surface area contributed by atoms with Crippen molar-refractivity contribution in [1.29, 1.82) is 0 Å². The number of carboxylic acids is 1. The Morgan fingerprint density at radius 1 is 0.327 bits per heavy atom. The average Bonchev–Trinajstić information content (AvgIpc) is 3.14. The molecular weight excluding hydrogens is 661 g/mol. The Bertz CT molecular complexity index is 616. The highest BCUT2D eigenvalue weighted by atomic mass is 28.3. The van der Waals surface area contributed by atoms with Crippen LogP contribution >= 0.6 is 0 Å². The van der Waals surface area contributed by atoms with Gasteiger partial charge >= 0.3 is 9.53 Å². The average molecular weight is 755 g/mol. The van der Waals surface area contributed by atoms with Gasteiger partial charge in [0.15, 0.2) is 0 Å². The second-order valence-electron chi connectivity index (χ2n) is 15.6. The van der Waals surface area contributed by atoms with E-state index in [0.29, 0.717) is 0 Å². The van der Waals surface area contributed by atoms with Crippen LogP contribution in [0.4, 0.5) is 0 Å². The molecule has 0 spiro atoms. The first-order chi connectivity index (χ1) is 25.6. The zero-order valence-electron chi connectivity index (χ0n) is 36.0. The smallest absolute Gasteiger partial charge is 0.550 e. The number of aliphatic carboxylic acids is 1. The van der Waals surface area contributed by atoms with Crippen molar-refractivity contribution >= 4 is 15.5 Å². The third-order valence-corrected chi connectivity index (χ3v) is 11.5. The van der Waals surface area contributed by atoms with Crippen LogP contribution in [0.3, 0.4) is 0 Å². The summed E-state index contributed by atoms with van der Waals surface area (Å²) in [6.45, 7) is 11.5. The van der Waals surface area contributed by atoms with Crippen molar-refractivity contribution in [1.82, 2.24) is 0 Å². The molecule has 0 heterocycles. The van der Waals surface area contributed by atoms with Crippen LogP contribution in [0.2, 0.25) is 0 Å². The molecular formula is C46H94O5Si. The number of carbonyl (C=O) groups is 1. The van der Waals surface area contributed by atoms with E-state index in [1.165, 1.54) is 205 Å². The first-order valence-corrected chi connectivity index (χ1v) is 24.8. The minimum Gasteiger partial charge on any atom is -0.550 e. The summed E-state index contributed by atoms with van der Waals surface area (Å²) < 4.78 is 18.1. The van der Waals surface area contributed by atoms with Crippen molar-refractivity contribution in [2.24, 2.45) is 0 Å². The van der Waals surface area contributed by atoms with Crippen molar-refractivity contribution in [3.8, 4) is 0 Å². The maximum absolute atomic E-state index is 10.2. The van der Waals surface area contributed by atoms with Gasteiger partial charge in [-0.25, -0.2) is 0 Å². The highest BCUT2D eigenvalue weighted by Crippen LogP contribution is 2.14. The molecule has 312 valence electrons. The molecule has 5 nitrogen and oxygen atoms in total. The van der Waals surface area contributed by atoms with Gasteiger partial charge < -0.3 is 9.90 Å². The topological polar surface area (TPSA) is 67.8 Å². The molecule has 0 saturated heterocycles. The van der Waals surface area contributed by atoms with E-state index in [9.17, 15) is 9.90 Å². The van der Waals surface area contributed by atoms with E-state index in [1.54, 1.807) is 0 Å². The summed E-state index contributed by atoms with van der Waals surface area (Å²) in [5.74, 6) is -0.903. The molecule has 0 N–H and O–H groups in total. The van der Waals surface area contributed by atoms with Gasteiger partial charge in [0.2, 0.25) is 0 Å². The summed E-state index contributed by atoms with van der Waals surface area (Å²) in [7, 11) is -1.55. The molecule has 0 atom stereocenters. The van der Waals surface area contributed by atoms with E-state index in [0.717, 1.165) is 51.9 Å². The highest BCUT2D eigenvalue weighted by molar-refractivity contribution is 6.36. The molecule has 0 aliphatic heterocycles. The fourth-order valence-electron chi connectivity index (χ4n) is 6.59. The molecule has 0 aromatic rings. The number of hydrogen-bond acceptors (Lipinski definition) is 5. The third-order valence-electron chi connectivity index (χ3n) is 10.1. The van der Waals surface area contributed by atoms with E-state index < -0.39 is 15.5 Å². The second-order valence-corrected chi connectivity index (χ2v) is 17.0. The van der Waals surface area contributed by atoms with Crippen LogP contribution in [0.15, 0.2) is 0 Å². The van der Waals surface area contributed by atoms with E-state index in [4.69, 9.17) is 13.3 Å². The fraction of sp³-hybridized carbons (Fsp3) is 0.978. The van der Waals surface area contributed by atoms with E-state index in [2.05, 4.69) is 27.7 Å². The summed E-state index contributed by atoms with van der Waals surface area (Å²) >= 11 is 0. The zero-order valence-corrected chi connectivity index (χ0v) is 37.0. The molecule has 52 heavy (non-hydrogen) atoms. The van der Waals surface area contributed by atoms with Gasteiger partial charge in [0.1, 0.15) is 0 Å². The van der Waals surface area contributed by atoms with Crippen LogP contribution in [0.1, 0.15) is 272 Å².